The number of nitrogens with one attached hydrogen (secondary N) is 1. The van der Waals surface area contributed by atoms with E-state index in [9.17, 15) is 0 Å². The zero-order valence-electron chi connectivity index (χ0n) is 13.7. The highest BCUT2D eigenvalue weighted by Gasteiger charge is 2.12. The predicted octanol–water partition coefficient (Wildman–Crippen LogP) is 5.51. The van der Waals surface area contributed by atoms with Gasteiger partial charge >= 0.3 is 0 Å². The summed E-state index contributed by atoms with van der Waals surface area (Å²) in [7, 11) is 2.04. The molecule has 5 heteroatoms. The number of rotatable bonds is 4. The summed E-state index contributed by atoms with van der Waals surface area (Å²) in [5.74, 6) is 0. The summed E-state index contributed by atoms with van der Waals surface area (Å²) >= 11 is 8.03. The van der Waals surface area contributed by atoms with Gasteiger partial charge in [-0.25, -0.2) is 4.98 Å². The van der Waals surface area contributed by atoms with Crippen LogP contribution in [0, 0.1) is 6.92 Å². The number of nitrogens with zero attached hydrogens (tertiary/aromatic N) is 2. The van der Waals surface area contributed by atoms with Crippen LogP contribution in [0.5, 0.6) is 0 Å². The maximum absolute atomic E-state index is 6.44. The van der Waals surface area contributed by atoms with Crippen LogP contribution in [0.25, 0.3) is 11.0 Å². The first kappa shape index (κ1) is 16.2. The number of aryl methyl sites for hydroxylation is 2. The lowest BCUT2D eigenvalue weighted by Gasteiger charge is -2.11. The van der Waals surface area contributed by atoms with Crippen LogP contribution in [0.2, 0.25) is 5.02 Å². The summed E-state index contributed by atoms with van der Waals surface area (Å²) in [5, 5.41) is 5.04. The number of halogens is 1. The Hall–Kier alpha value is -1.65. The average Bonchev–Trinajstić information content (AvgIpc) is 2.77. The molecule has 3 rings (SSSR count). The Morgan fingerprint density at radius 2 is 1.96 bits per heavy atom. The molecule has 0 saturated carbocycles. The van der Waals surface area contributed by atoms with Gasteiger partial charge in [-0.05, 0) is 56.7 Å². The molecule has 0 bridgehead atoms. The molecule has 0 saturated heterocycles. The Labute approximate surface area is 146 Å². The van der Waals surface area contributed by atoms with E-state index in [2.05, 4.69) is 54.9 Å². The SMILES string of the molecule is Cc1ccc2c(c1)nc(Sc1ccc(NC(C)C)cc1Cl)n2C. The summed E-state index contributed by atoms with van der Waals surface area (Å²) in [6, 6.07) is 12.8. The van der Waals surface area contributed by atoms with E-state index < -0.39 is 0 Å². The van der Waals surface area contributed by atoms with Crippen molar-refractivity contribution in [3.05, 3.63) is 47.0 Å². The van der Waals surface area contributed by atoms with E-state index in [-0.39, 0.29) is 0 Å². The van der Waals surface area contributed by atoms with Crippen LogP contribution in [0.15, 0.2) is 46.5 Å². The molecule has 0 amide bonds. The number of anilines is 1. The normalized spacial score (nSPS) is 11.4. The van der Waals surface area contributed by atoms with Crippen molar-refractivity contribution in [3.63, 3.8) is 0 Å². The van der Waals surface area contributed by atoms with Gasteiger partial charge in [0.25, 0.3) is 0 Å². The molecule has 0 radical (unpaired) electrons. The summed E-state index contributed by atoms with van der Waals surface area (Å²) in [6.07, 6.45) is 0. The highest BCUT2D eigenvalue weighted by atomic mass is 35.5. The number of hydrogen-bond donors (Lipinski definition) is 1. The molecule has 0 spiro atoms. The molecule has 23 heavy (non-hydrogen) atoms. The van der Waals surface area contributed by atoms with E-state index in [4.69, 9.17) is 16.6 Å². The minimum Gasteiger partial charge on any atom is -0.383 e. The number of imidazole rings is 1. The molecule has 120 valence electrons. The second kappa shape index (κ2) is 6.46. The van der Waals surface area contributed by atoms with Gasteiger partial charge in [0.05, 0.1) is 16.1 Å². The van der Waals surface area contributed by atoms with Crippen molar-refractivity contribution in [2.75, 3.05) is 5.32 Å². The van der Waals surface area contributed by atoms with Crippen molar-refractivity contribution in [2.24, 2.45) is 7.05 Å². The quantitative estimate of drug-likeness (QED) is 0.676. The summed E-state index contributed by atoms with van der Waals surface area (Å²) < 4.78 is 2.11. The van der Waals surface area contributed by atoms with Gasteiger partial charge in [0.1, 0.15) is 0 Å². The first-order valence-corrected chi connectivity index (χ1v) is 8.80. The lowest BCUT2D eigenvalue weighted by molar-refractivity contribution is 0.815. The van der Waals surface area contributed by atoms with Crippen molar-refractivity contribution in [2.45, 2.75) is 36.9 Å². The van der Waals surface area contributed by atoms with Gasteiger partial charge in [0, 0.05) is 23.7 Å². The van der Waals surface area contributed by atoms with Crippen LogP contribution in [-0.4, -0.2) is 15.6 Å². The molecule has 0 aliphatic rings. The van der Waals surface area contributed by atoms with E-state index in [0.717, 1.165) is 31.8 Å². The van der Waals surface area contributed by atoms with Crippen LogP contribution < -0.4 is 5.32 Å². The minimum atomic E-state index is 0.382. The van der Waals surface area contributed by atoms with Crippen molar-refractivity contribution in [1.29, 1.82) is 0 Å². The fourth-order valence-electron chi connectivity index (χ4n) is 2.48. The predicted molar refractivity (Wildman–Crippen MR) is 99.8 cm³/mol. The molecule has 3 aromatic rings. The van der Waals surface area contributed by atoms with E-state index in [1.165, 1.54) is 5.56 Å². The van der Waals surface area contributed by atoms with E-state index in [1.54, 1.807) is 11.8 Å². The topological polar surface area (TPSA) is 29.9 Å². The Balaban J connectivity index is 1.91. The highest BCUT2D eigenvalue weighted by molar-refractivity contribution is 7.99. The average molecular weight is 346 g/mol. The van der Waals surface area contributed by atoms with Crippen molar-refractivity contribution < 1.29 is 0 Å². The fraction of sp³-hybridized carbons (Fsp3) is 0.278. The Morgan fingerprint density at radius 3 is 2.65 bits per heavy atom. The lowest BCUT2D eigenvalue weighted by Crippen LogP contribution is -2.09. The zero-order chi connectivity index (χ0) is 16.6. The Kier molecular flexibility index (Phi) is 4.55. The maximum atomic E-state index is 6.44. The van der Waals surface area contributed by atoms with Crippen LogP contribution in [0.1, 0.15) is 19.4 Å². The molecule has 2 aromatic carbocycles. The van der Waals surface area contributed by atoms with Gasteiger partial charge in [-0.1, -0.05) is 29.4 Å². The molecule has 0 unspecified atom stereocenters. The molecule has 3 nitrogen and oxygen atoms in total. The Morgan fingerprint density at radius 1 is 1.17 bits per heavy atom. The minimum absolute atomic E-state index is 0.382. The van der Waals surface area contributed by atoms with Crippen LogP contribution in [-0.2, 0) is 7.05 Å². The molecular formula is C18H20ClN3S. The Bertz CT molecular complexity index is 855. The second-order valence-corrected chi connectivity index (χ2v) is 7.41. The third-order valence-corrected chi connectivity index (χ3v) is 5.13. The molecular weight excluding hydrogens is 326 g/mol. The lowest BCUT2D eigenvalue weighted by atomic mass is 10.2. The third-order valence-electron chi connectivity index (χ3n) is 3.58. The highest BCUT2D eigenvalue weighted by Crippen LogP contribution is 2.35. The number of aromatic nitrogens is 2. The van der Waals surface area contributed by atoms with Gasteiger partial charge in [0.15, 0.2) is 5.16 Å². The molecule has 0 fully saturated rings. The summed E-state index contributed by atoms with van der Waals surface area (Å²) in [4.78, 5) is 5.74. The van der Waals surface area contributed by atoms with Gasteiger partial charge in [-0.2, -0.15) is 0 Å². The number of hydrogen-bond acceptors (Lipinski definition) is 3. The number of fused-ring (bicyclic) bond motifs is 1. The maximum Gasteiger partial charge on any atom is 0.173 e. The molecule has 1 aromatic heterocycles. The molecule has 1 N–H and O–H groups in total. The first-order valence-electron chi connectivity index (χ1n) is 7.61. The van der Waals surface area contributed by atoms with Gasteiger partial charge < -0.3 is 9.88 Å². The van der Waals surface area contributed by atoms with Gasteiger partial charge in [-0.3, -0.25) is 0 Å². The van der Waals surface area contributed by atoms with Crippen molar-refractivity contribution in [1.82, 2.24) is 9.55 Å². The largest absolute Gasteiger partial charge is 0.383 e. The monoisotopic (exact) mass is 345 g/mol. The van der Waals surface area contributed by atoms with Gasteiger partial charge in [0.2, 0.25) is 0 Å². The molecule has 0 aliphatic heterocycles. The second-order valence-electron chi connectivity index (χ2n) is 5.99. The van der Waals surface area contributed by atoms with E-state index >= 15 is 0 Å². The summed E-state index contributed by atoms with van der Waals surface area (Å²) in [6.45, 7) is 6.30. The fourth-order valence-corrected chi connectivity index (χ4v) is 3.65. The molecule has 1 heterocycles. The zero-order valence-corrected chi connectivity index (χ0v) is 15.3. The molecule has 0 aliphatic carbocycles. The van der Waals surface area contributed by atoms with Crippen molar-refractivity contribution in [3.8, 4) is 0 Å². The first-order chi connectivity index (χ1) is 10.9. The summed E-state index contributed by atoms with van der Waals surface area (Å²) in [5.41, 5.74) is 4.40. The number of benzene rings is 2. The third kappa shape index (κ3) is 3.48. The van der Waals surface area contributed by atoms with E-state index in [0.29, 0.717) is 6.04 Å². The smallest absolute Gasteiger partial charge is 0.173 e. The van der Waals surface area contributed by atoms with Crippen LogP contribution in [0.4, 0.5) is 5.69 Å². The van der Waals surface area contributed by atoms with Crippen LogP contribution >= 0.6 is 23.4 Å². The van der Waals surface area contributed by atoms with Gasteiger partial charge in [-0.15, -0.1) is 0 Å². The van der Waals surface area contributed by atoms with Crippen molar-refractivity contribution >= 4 is 40.1 Å². The van der Waals surface area contributed by atoms with E-state index in [1.807, 2.05) is 19.2 Å². The van der Waals surface area contributed by atoms with Crippen LogP contribution in [0.3, 0.4) is 0 Å². The molecule has 0 atom stereocenters. The standard InChI is InChI=1S/C18H20ClN3S/c1-11(2)20-13-6-8-17(14(19)10-13)23-18-21-15-9-12(3)5-7-16(15)22(18)4/h5-11,20H,1-4H3.